The molecule has 152 valence electrons. The molecule has 0 radical (unpaired) electrons. The van der Waals surface area contributed by atoms with Gasteiger partial charge in [-0.1, -0.05) is 19.9 Å². The van der Waals surface area contributed by atoms with Crippen LogP contribution < -0.4 is 10.6 Å². The van der Waals surface area contributed by atoms with Gasteiger partial charge in [0.1, 0.15) is 23.2 Å². The first-order valence-electron chi connectivity index (χ1n) is 9.34. The van der Waals surface area contributed by atoms with E-state index in [4.69, 9.17) is 0 Å². The molecule has 1 aromatic rings. The molecule has 2 amide bonds. The van der Waals surface area contributed by atoms with Crippen LogP contribution in [0.2, 0.25) is 0 Å². The Hall–Kier alpha value is -2.02. The van der Waals surface area contributed by atoms with Crippen molar-refractivity contribution in [3.05, 3.63) is 35.4 Å². The van der Waals surface area contributed by atoms with Crippen LogP contribution in [0.3, 0.4) is 0 Å². The quantitative estimate of drug-likeness (QED) is 0.689. The fourth-order valence-corrected chi connectivity index (χ4v) is 2.99. The molecule has 0 aliphatic rings. The molecule has 1 aromatic carbocycles. The van der Waals surface area contributed by atoms with Crippen molar-refractivity contribution in [1.29, 1.82) is 0 Å². The standard InChI is InChI=1S/C20H31F2N3O2/c1-12(2)18(20(27)23-10-11-25(13(3)4)14(5)6)24-19(26)17-15(21)8-7-9-16(17)22/h7-9,12-14,18H,10-11H2,1-6H3,(H,23,27)(H,24,26)/t18-/m0/s1. The second-order valence-electron chi connectivity index (χ2n) is 7.51. The van der Waals surface area contributed by atoms with Gasteiger partial charge in [-0.15, -0.1) is 0 Å². The van der Waals surface area contributed by atoms with Crippen LogP contribution in [0, 0.1) is 17.6 Å². The minimum Gasteiger partial charge on any atom is -0.353 e. The summed E-state index contributed by atoms with van der Waals surface area (Å²) in [5.74, 6) is -3.47. The number of nitrogens with one attached hydrogen (secondary N) is 2. The molecule has 0 aromatic heterocycles. The van der Waals surface area contributed by atoms with Crippen molar-refractivity contribution < 1.29 is 18.4 Å². The summed E-state index contributed by atoms with van der Waals surface area (Å²) in [6.07, 6.45) is 0. The van der Waals surface area contributed by atoms with Crippen molar-refractivity contribution in [2.24, 2.45) is 5.92 Å². The number of benzene rings is 1. The third-order valence-electron chi connectivity index (χ3n) is 4.42. The van der Waals surface area contributed by atoms with E-state index in [0.717, 1.165) is 12.1 Å². The van der Waals surface area contributed by atoms with Gasteiger partial charge in [0.2, 0.25) is 5.91 Å². The molecular formula is C20H31F2N3O2. The summed E-state index contributed by atoms with van der Waals surface area (Å²) in [6, 6.07) is 2.99. The first-order valence-corrected chi connectivity index (χ1v) is 9.34. The van der Waals surface area contributed by atoms with E-state index < -0.39 is 29.1 Å². The Morgan fingerprint density at radius 2 is 1.52 bits per heavy atom. The summed E-state index contributed by atoms with van der Waals surface area (Å²) in [7, 11) is 0. The van der Waals surface area contributed by atoms with Crippen molar-refractivity contribution in [1.82, 2.24) is 15.5 Å². The average molecular weight is 383 g/mol. The van der Waals surface area contributed by atoms with Gasteiger partial charge in [-0.25, -0.2) is 8.78 Å². The average Bonchev–Trinajstić information content (AvgIpc) is 2.55. The molecule has 0 bridgehead atoms. The monoisotopic (exact) mass is 383 g/mol. The number of rotatable bonds is 9. The molecule has 0 unspecified atom stereocenters. The Morgan fingerprint density at radius 3 is 1.96 bits per heavy atom. The highest BCUT2D eigenvalue weighted by Crippen LogP contribution is 2.13. The van der Waals surface area contributed by atoms with Gasteiger partial charge in [-0.2, -0.15) is 0 Å². The van der Waals surface area contributed by atoms with Crippen LogP contribution in [0.25, 0.3) is 0 Å². The Kier molecular flexibility index (Phi) is 8.82. The Labute approximate surface area is 160 Å². The number of nitrogens with zero attached hydrogens (tertiary/aromatic N) is 1. The maximum atomic E-state index is 13.8. The van der Waals surface area contributed by atoms with E-state index in [1.54, 1.807) is 13.8 Å². The lowest BCUT2D eigenvalue weighted by Crippen LogP contribution is -2.51. The van der Waals surface area contributed by atoms with Gasteiger partial charge in [0.15, 0.2) is 0 Å². The summed E-state index contributed by atoms with van der Waals surface area (Å²) >= 11 is 0. The number of carbonyl (C=O) groups is 2. The van der Waals surface area contributed by atoms with Crippen LogP contribution in [0.15, 0.2) is 18.2 Å². The van der Waals surface area contributed by atoms with Crippen molar-refractivity contribution in [2.75, 3.05) is 13.1 Å². The zero-order valence-electron chi connectivity index (χ0n) is 17.0. The third kappa shape index (κ3) is 6.57. The molecule has 7 heteroatoms. The first kappa shape index (κ1) is 23.0. The Bertz CT molecular complexity index is 620. The van der Waals surface area contributed by atoms with E-state index in [0.29, 0.717) is 25.2 Å². The lowest BCUT2D eigenvalue weighted by Gasteiger charge is -2.31. The molecule has 0 spiro atoms. The molecule has 0 aliphatic carbocycles. The minimum atomic E-state index is -0.958. The highest BCUT2D eigenvalue weighted by Gasteiger charge is 2.27. The summed E-state index contributed by atoms with van der Waals surface area (Å²) in [6.45, 7) is 12.9. The first-order chi connectivity index (χ1) is 12.6. The van der Waals surface area contributed by atoms with E-state index in [1.165, 1.54) is 6.07 Å². The van der Waals surface area contributed by atoms with Crippen LogP contribution in [-0.2, 0) is 4.79 Å². The lowest BCUT2D eigenvalue weighted by atomic mass is 10.0. The second kappa shape index (κ2) is 10.3. The Morgan fingerprint density at radius 1 is 1.00 bits per heavy atom. The fourth-order valence-electron chi connectivity index (χ4n) is 2.99. The minimum absolute atomic E-state index is 0.241. The SMILES string of the molecule is CC(C)[C@H](NC(=O)c1c(F)cccc1F)C(=O)NCCN(C(C)C)C(C)C. The molecule has 1 rings (SSSR count). The van der Waals surface area contributed by atoms with Crippen molar-refractivity contribution in [3.63, 3.8) is 0 Å². The summed E-state index contributed by atoms with van der Waals surface area (Å²) in [5, 5.41) is 5.26. The number of hydrogen-bond donors (Lipinski definition) is 2. The molecular weight excluding hydrogens is 352 g/mol. The maximum Gasteiger partial charge on any atom is 0.257 e. The molecule has 5 nitrogen and oxygen atoms in total. The van der Waals surface area contributed by atoms with Crippen LogP contribution in [0.5, 0.6) is 0 Å². The molecule has 1 atom stereocenters. The summed E-state index contributed by atoms with van der Waals surface area (Å²) < 4.78 is 27.6. The van der Waals surface area contributed by atoms with Crippen molar-refractivity contribution >= 4 is 11.8 Å². The molecule has 0 fully saturated rings. The number of halogens is 2. The van der Waals surface area contributed by atoms with E-state index in [9.17, 15) is 18.4 Å². The highest BCUT2D eigenvalue weighted by atomic mass is 19.1. The van der Waals surface area contributed by atoms with Gasteiger partial charge in [0.05, 0.1) is 0 Å². The third-order valence-corrected chi connectivity index (χ3v) is 4.42. The van der Waals surface area contributed by atoms with Crippen LogP contribution in [-0.4, -0.2) is 47.9 Å². The number of amides is 2. The number of hydrogen-bond acceptors (Lipinski definition) is 3. The predicted molar refractivity (Wildman–Crippen MR) is 102 cm³/mol. The van der Waals surface area contributed by atoms with E-state index >= 15 is 0 Å². The lowest BCUT2D eigenvalue weighted by molar-refractivity contribution is -0.124. The van der Waals surface area contributed by atoms with Gasteiger partial charge in [0, 0.05) is 25.2 Å². The predicted octanol–water partition coefficient (Wildman–Crippen LogP) is 2.95. The smallest absolute Gasteiger partial charge is 0.257 e. The van der Waals surface area contributed by atoms with Gasteiger partial charge < -0.3 is 10.6 Å². The highest BCUT2D eigenvalue weighted by molar-refractivity contribution is 5.98. The van der Waals surface area contributed by atoms with Gasteiger partial charge in [-0.3, -0.25) is 14.5 Å². The largest absolute Gasteiger partial charge is 0.353 e. The normalized spacial score (nSPS) is 12.7. The van der Waals surface area contributed by atoms with Gasteiger partial charge in [-0.05, 0) is 45.7 Å². The van der Waals surface area contributed by atoms with Crippen molar-refractivity contribution in [3.8, 4) is 0 Å². The second-order valence-corrected chi connectivity index (χ2v) is 7.51. The molecule has 2 N–H and O–H groups in total. The van der Waals surface area contributed by atoms with Crippen LogP contribution >= 0.6 is 0 Å². The van der Waals surface area contributed by atoms with E-state index in [2.05, 4.69) is 43.2 Å². The summed E-state index contributed by atoms with van der Waals surface area (Å²) in [5.41, 5.74) is -0.679. The molecule has 0 heterocycles. The van der Waals surface area contributed by atoms with Gasteiger partial charge >= 0.3 is 0 Å². The molecule has 27 heavy (non-hydrogen) atoms. The van der Waals surface area contributed by atoms with E-state index in [-0.39, 0.29) is 11.8 Å². The van der Waals surface area contributed by atoms with Gasteiger partial charge in [0.25, 0.3) is 5.91 Å². The zero-order chi connectivity index (χ0) is 20.7. The zero-order valence-corrected chi connectivity index (χ0v) is 17.0. The van der Waals surface area contributed by atoms with Crippen LogP contribution in [0.4, 0.5) is 8.78 Å². The van der Waals surface area contributed by atoms with Crippen molar-refractivity contribution in [2.45, 2.75) is 59.7 Å². The van der Waals surface area contributed by atoms with Crippen LogP contribution in [0.1, 0.15) is 51.9 Å². The maximum absolute atomic E-state index is 13.8. The molecule has 0 saturated heterocycles. The fraction of sp³-hybridized carbons (Fsp3) is 0.600. The van der Waals surface area contributed by atoms with E-state index in [1.807, 2.05) is 0 Å². The molecule has 0 aliphatic heterocycles. The summed E-state index contributed by atoms with van der Waals surface area (Å²) in [4.78, 5) is 27.0. The number of carbonyl (C=O) groups excluding carboxylic acids is 2. The Balaban J connectivity index is 2.75. The molecule has 0 saturated carbocycles. The topological polar surface area (TPSA) is 61.4 Å².